The summed E-state index contributed by atoms with van der Waals surface area (Å²) < 4.78 is 5.38. The van der Waals surface area contributed by atoms with E-state index >= 15 is 0 Å². The molecule has 2 rings (SSSR count). The van der Waals surface area contributed by atoms with Gasteiger partial charge in [-0.05, 0) is 36.6 Å². The second kappa shape index (κ2) is 7.02. The lowest BCUT2D eigenvalue weighted by atomic mass is 10.1. The third-order valence-electron chi connectivity index (χ3n) is 3.87. The Morgan fingerprint density at radius 2 is 2.25 bits per heavy atom. The zero-order chi connectivity index (χ0) is 14.5. The Hall–Kier alpha value is -1.16. The van der Waals surface area contributed by atoms with Crippen molar-refractivity contribution in [3.63, 3.8) is 0 Å². The van der Waals surface area contributed by atoms with Crippen molar-refractivity contribution in [2.24, 2.45) is 5.92 Å². The Labute approximate surface area is 125 Å². The molecule has 0 bridgehead atoms. The Morgan fingerprint density at radius 1 is 1.50 bits per heavy atom. The number of hydrogen-bond acceptors (Lipinski definition) is 3. The van der Waals surface area contributed by atoms with Crippen molar-refractivity contribution in [3.05, 3.63) is 29.8 Å². The molecule has 1 aliphatic carbocycles. The lowest BCUT2D eigenvalue weighted by Gasteiger charge is -2.16. The summed E-state index contributed by atoms with van der Waals surface area (Å²) in [6.45, 7) is 2.12. The minimum absolute atomic E-state index is 0.113. The molecule has 1 saturated carbocycles. The normalized spacial score (nSPS) is 22.1. The van der Waals surface area contributed by atoms with E-state index in [2.05, 4.69) is 24.6 Å². The molecular formula is C16H23NO2S. The SMILES string of the molecule is CC[C@H](CSC)NC(=O)[C@H]1C[C@H]1c1ccccc1OC. The smallest absolute Gasteiger partial charge is 0.223 e. The highest BCUT2D eigenvalue weighted by molar-refractivity contribution is 7.98. The first-order valence-electron chi connectivity index (χ1n) is 7.13. The van der Waals surface area contributed by atoms with Crippen LogP contribution in [0, 0.1) is 5.92 Å². The van der Waals surface area contributed by atoms with E-state index in [1.807, 2.05) is 18.2 Å². The average Bonchev–Trinajstić information content (AvgIpc) is 3.27. The van der Waals surface area contributed by atoms with Crippen LogP contribution in [0.15, 0.2) is 24.3 Å². The van der Waals surface area contributed by atoms with Crippen LogP contribution in [-0.2, 0) is 4.79 Å². The zero-order valence-corrected chi connectivity index (χ0v) is 13.2. The standard InChI is InChI=1S/C16H23NO2S/c1-4-11(10-20-3)17-16(18)14-9-13(14)12-7-5-6-8-15(12)19-2/h5-8,11,13-14H,4,9-10H2,1-3H3,(H,17,18)/t11-,13+,14+/m1/s1. The van der Waals surface area contributed by atoms with Gasteiger partial charge in [0.15, 0.2) is 0 Å². The number of ether oxygens (including phenoxy) is 1. The summed E-state index contributed by atoms with van der Waals surface area (Å²) in [5, 5.41) is 3.17. The van der Waals surface area contributed by atoms with E-state index in [9.17, 15) is 4.79 Å². The molecule has 1 aromatic carbocycles. The number of rotatable bonds is 7. The number of carbonyl (C=O) groups excluding carboxylic acids is 1. The van der Waals surface area contributed by atoms with Crippen LogP contribution in [-0.4, -0.2) is 31.1 Å². The van der Waals surface area contributed by atoms with E-state index in [1.54, 1.807) is 18.9 Å². The molecule has 1 aromatic rings. The quantitative estimate of drug-likeness (QED) is 0.839. The van der Waals surface area contributed by atoms with Gasteiger partial charge in [0.2, 0.25) is 5.91 Å². The van der Waals surface area contributed by atoms with Crippen LogP contribution >= 0.6 is 11.8 Å². The summed E-state index contributed by atoms with van der Waals surface area (Å²) in [7, 11) is 1.68. The molecule has 0 saturated heterocycles. The number of carbonyl (C=O) groups is 1. The number of hydrogen-bond donors (Lipinski definition) is 1. The Kier molecular flexibility index (Phi) is 5.35. The highest BCUT2D eigenvalue weighted by atomic mass is 32.2. The molecule has 20 heavy (non-hydrogen) atoms. The molecule has 0 radical (unpaired) electrons. The second-order valence-electron chi connectivity index (χ2n) is 5.26. The maximum Gasteiger partial charge on any atom is 0.223 e. The highest BCUT2D eigenvalue weighted by Crippen LogP contribution is 2.50. The Bertz CT molecular complexity index is 464. The van der Waals surface area contributed by atoms with Gasteiger partial charge < -0.3 is 10.1 Å². The van der Waals surface area contributed by atoms with Gasteiger partial charge in [0, 0.05) is 17.7 Å². The van der Waals surface area contributed by atoms with Gasteiger partial charge in [0.1, 0.15) is 5.75 Å². The van der Waals surface area contributed by atoms with E-state index in [4.69, 9.17) is 4.74 Å². The predicted octanol–water partition coefficient (Wildman–Crippen LogP) is 3.06. The number of amides is 1. The molecule has 0 spiro atoms. The van der Waals surface area contributed by atoms with Crippen molar-refractivity contribution in [1.82, 2.24) is 5.32 Å². The molecule has 0 aromatic heterocycles. The molecular weight excluding hydrogens is 270 g/mol. The Balaban J connectivity index is 1.95. The monoisotopic (exact) mass is 293 g/mol. The van der Waals surface area contributed by atoms with Crippen LogP contribution in [0.1, 0.15) is 31.2 Å². The first-order chi connectivity index (χ1) is 9.71. The molecule has 0 heterocycles. The number of methoxy groups -OCH3 is 1. The summed E-state index contributed by atoms with van der Waals surface area (Å²) >= 11 is 1.78. The molecule has 110 valence electrons. The summed E-state index contributed by atoms with van der Waals surface area (Å²) in [6.07, 6.45) is 3.99. The van der Waals surface area contributed by atoms with Gasteiger partial charge >= 0.3 is 0 Å². The van der Waals surface area contributed by atoms with Crippen molar-refractivity contribution < 1.29 is 9.53 Å². The Morgan fingerprint density at radius 3 is 2.90 bits per heavy atom. The van der Waals surface area contributed by atoms with E-state index in [0.29, 0.717) is 5.92 Å². The van der Waals surface area contributed by atoms with E-state index < -0.39 is 0 Å². The van der Waals surface area contributed by atoms with Crippen molar-refractivity contribution in [3.8, 4) is 5.75 Å². The van der Waals surface area contributed by atoms with Crippen LogP contribution in [0.25, 0.3) is 0 Å². The molecule has 4 heteroatoms. The van der Waals surface area contributed by atoms with E-state index in [1.165, 1.54) is 0 Å². The fourth-order valence-corrected chi connectivity index (χ4v) is 3.29. The minimum atomic E-state index is 0.113. The van der Waals surface area contributed by atoms with Crippen LogP contribution in [0.3, 0.4) is 0 Å². The predicted molar refractivity (Wildman–Crippen MR) is 84.4 cm³/mol. The molecule has 3 nitrogen and oxygen atoms in total. The second-order valence-corrected chi connectivity index (χ2v) is 6.17. The molecule has 1 fully saturated rings. The van der Waals surface area contributed by atoms with Gasteiger partial charge in [0.25, 0.3) is 0 Å². The maximum atomic E-state index is 12.3. The topological polar surface area (TPSA) is 38.3 Å². The molecule has 0 aliphatic heterocycles. The minimum Gasteiger partial charge on any atom is -0.496 e. The number of thioether (sulfide) groups is 1. The van der Waals surface area contributed by atoms with E-state index in [0.717, 1.165) is 29.9 Å². The zero-order valence-electron chi connectivity index (χ0n) is 12.4. The fraction of sp³-hybridized carbons (Fsp3) is 0.562. The van der Waals surface area contributed by atoms with Gasteiger partial charge in [-0.15, -0.1) is 0 Å². The van der Waals surface area contributed by atoms with Crippen LogP contribution in [0.4, 0.5) is 0 Å². The lowest BCUT2D eigenvalue weighted by Crippen LogP contribution is -2.37. The summed E-state index contributed by atoms with van der Waals surface area (Å²) in [4.78, 5) is 12.3. The number of benzene rings is 1. The average molecular weight is 293 g/mol. The van der Waals surface area contributed by atoms with Gasteiger partial charge in [0.05, 0.1) is 7.11 Å². The molecule has 3 atom stereocenters. The molecule has 0 unspecified atom stereocenters. The van der Waals surface area contributed by atoms with Crippen molar-refractivity contribution >= 4 is 17.7 Å². The third-order valence-corrected chi connectivity index (χ3v) is 4.61. The van der Waals surface area contributed by atoms with Gasteiger partial charge in [-0.25, -0.2) is 0 Å². The van der Waals surface area contributed by atoms with Gasteiger partial charge in [-0.3, -0.25) is 4.79 Å². The van der Waals surface area contributed by atoms with Crippen molar-refractivity contribution in [2.45, 2.75) is 31.7 Å². The summed E-state index contributed by atoms with van der Waals surface area (Å²) in [6, 6.07) is 8.29. The van der Waals surface area contributed by atoms with Crippen LogP contribution in [0.5, 0.6) is 5.75 Å². The fourth-order valence-electron chi connectivity index (χ4n) is 2.57. The summed E-state index contributed by atoms with van der Waals surface area (Å²) in [5.74, 6) is 2.50. The lowest BCUT2D eigenvalue weighted by molar-refractivity contribution is -0.123. The number of nitrogens with one attached hydrogen (secondary N) is 1. The molecule has 1 N–H and O–H groups in total. The number of para-hydroxylation sites is 1. The first-order valence-corrected chi connectivity index (χ1v) is 8.52. The summed E-state index contributed by atoms with van der Waals surface area (Å²) in [5.41, 5.74) is 1.16. The highest BCUT2D eigenvalue weighted by Gasteiger charge is 2.45. The van der Waals surface area contributed by atoms with Crippen LogP contribution in [0.2, 0.25) is 0 Å². The van der Waals surface area contributed by atoms with Crippen molar-refractivity contribution in [1.29, 1.82) is 0 Å². The third kappa shape index (κ3) is 3.48. The van der Waals surface area contributed by atoms with Crippen molar-refractivity contribution in [2.75, 3.05) is 19.1 Å². The van der Waals surface area contributed by atoms with Gasteiger partial charge in [-0.2, -0.15) is 11.8 Å². The van der Waals surface area contributed by atoms with Crippen LogP contribution < -0.4 is 10.1 Å². The maximum absolute atomic E-state index is 12.3. The largest absolute Gasteiger partial charge is 0.496 e. The van der Waals surface area contributed by atoms with Gasteiger partial charge in [-0.1, -0.05) is 25.1 Å². The first kappa shape index (κ1) is 15.2. The molecule has 1 amide bonds. The van der Waals surface area contributed by atoms with E-state index in [-0.39, 0.29) is 17.9 Å². The molecule has 1 aliphatic rings.